The first-order valence-electron chi connectivity index (χ1n) is 12.3. The van der Waals surface area contributed by atoms with Gasteiger partial charge in [-0.15, -0.1) is 0 Å². The van der Waals surface area contributed by atoms with Crippen LogP contribution in [0.25, 0.3) is 11.1 Å². The highest BCUT2D eigenvalue weighted by Gasteiger charge is 2.32. The SMILES string of the molecule is Cc1ccc(-c2cc(C(=O)CCc3ccc(C(F)(F)F)nc3)cc(C3=NOC(c4ccccn4)C3)c2)c(F)c1. The number of carbonyl (C=O) groups is 1. The fraction of sp³-hybridized carbons (Fsp3) is 0.200. The Morgan fingerprint density at radius 3 is 2.51 bits per heavy atom. The van der Waals surface area contributed by atoms with Crippen molar-refractivity contribution in [2.24, 2.45) is 5.16 Å². The molecule has 0 fully saturated rings. The predicted molar refractivity (Wildman–Crippen MR) is 138 cm³/mol. The second-order valence-electron chi connectivity index (χ2n) is 9.35. The van der Waals surface area contributed by atoms with Gasteiger partial charge >= 0.3 is 6.18 Å². The van der Waals surface area contributed by atoms with Gasteiger partial charge in [0.1, 0.15) is 11.5 Å². The lowest BCUT2D eigenvalue weighted by molar-refractivity contribution is -0.141. The summed E-state index contributed by atoms with van der Waals surface area (Å²) in [5.41, 5.74) is 3.40. The smallest absolute Gasteiger partial charge is 0.385 e. The van der Waals surface area contributed by atoms with Gasteiger partial charge < -0.3 is 4.84 Å². The molecular weight excluding hydrogens is 510 g/mol. The summed E-state index contributed by atoms with van der Waals surface area (Å²) in [6, 6.07) is 17.7. The van der Waals surface area contributed by atoms with Gasteiger partial charge in [-0.3, -0.25) is 14.8 Å². The van der Waals surface area contributed by atoms with E-state index in [1.165, 1.54) is 12.1 Å². The van der Waals surface area contributed by atoms with Crippen LogP contribution in [0.4, 0.5) is 17.6 Å². The van der Waals surface area contributed by atoms with E-state index in [4.69, 9.17) is 4.84 Å². The average molecular weight is 534 g/mol. The molecule has 0 radical (unpaired) electrons. The quantitative estimate of drug-likeness (QED) is 0.185. The van der Waals surface area contributed by atoms with Gasteiger partial charge in [0.2, 0.25) is 0 Å². The highest BCUT2D eigenvalue weighted by atomic mass is 19.4. The van der Waals surface area contributed by atoms with Gasteiger partial charge in [-0.2, -0.15) is 13.2 Å². The summed E-state index contributed by atoms with van der Waals surface area (Å²) in [5, 5.41) is 4.23. The molecule has 0 aliphatic carbocycles. The monoisotopic (exact) mass is 533 g/mol. The molecule has 2 aromatic carbocycles. The molecule has 9 heteroatoms. The molecule has 5 nitrogen and oxygen atoms in total. The van der Waals surface area contributed by atoms with Crippen molar-refractivity contribution in [3.8, 4) is 11.1 Å². The van der Waals surface area contributed by atoms with Crippen LogP contribution in [0, 0.1) is 12.7 Å². The molecule has 0 spiro atoms. The zero-order chi connectivity index (χ0) is 27.6. The second-order valence-corrected chi connectivity index (χ2v) is 9.35. The Labute approximate surface area is 222 Å². The number of ketones is 1. The number of alkyl halides is 3. The summed E-state index contributed by atoms with van der Waals surface area (Å²) in [4.78, 5) is 26.6. The van der Waals surface area contributed by atoms with Gasteiger partial charge in [0.05, 0.1) is 11.4 Å². The minimum absolute atomic E-state index is 0.0336. The minimum atomic E-state index is -4.53. The standard InChI is InChI=1S/C30H23F4N3O2/c1-18-5-8-23(24(31)12-18)20-13-21(26-16-28(39-37-26)25-4-2-3-11-35-25)15-22(14-20)27(38)9-6-19-7-10-29(36-17-19)30(32,33)34/h2-5,7-8,10-15,17,28H,6,9,16H2,1H3. The third-order valence-electron chi connectivity index (χ3n) is 6.47. The number of benzene rings is 2. The summed E-state index contributed by atoms with van der Waals surface area (Å²) < 4.78 is 53.3. The highest BCUT2D eigenvalue weighted by molar-refractivity contribution is 6.05. The topological polar surface area (TPSA) is 64.4 Å². The summed E-state index contributed by atoms with van der Waals surface area (Å²) in [6.45, 7) is 1.79. The van der Waals surface area contributed by atoms with E-state index in [1.54, 1.807) is 49.5 Å². The number of nitrogens with zero attached hydrogens (tertiary/aromatic N) is 3. The normalized spacial score (nSPS) is 15.1. The van der Waals surface area contributed by atoms with Crippen LogP contribution >= 0.6 is 0 Å². The third-order valence-corrected chi connectivity index (χ3v) is 6.47. The van der Waals surface area contributed by atoms with E-state index in [0.29, 0.717) is 39.9 Å². The molecule has 0 bridgehead atoms. The van der Waals surface area contributed by atoms with Gasteiger partial charge in [-0.25, -0.2) is 4.39 Å². The molecule has 1 atom stereocenters. The highest BCUT2D eigenvalue weighted by Crippen LogP contribution is 2.32. The van der Waals surface area contributed by atoms with Gasteiger partial charge in [-0.05, 0) is 72.5 Å². The Kier molecular flexibility index (Phi) is 7.24. The van der Waals surface area contributed by atoms with Crippen LogP contribution in [0.1, 0.15) is 57.4 Å². The van der Waals surface area contributed by atoms with Crippen molar-refractivity contribution in [1.29, 1.82) is 0 Å². The summed E-state index contributed by atoms with van der Waals surface area (Å²) in [7, 11) is 0. The Hall–Kier alpha value is -4.40. The van der Waals surface area contributed by atoms with E-state index in [0.717, 1.165) is 23.5 Å². The molecule has 5 rings (SSSR count). The molecule has 0 amide bonds. The van der Waals surface area contributed by atoms with Crippen molar-refractivity contribution in [3.05, 3.63) is 119 Å². The van der Waals surface area contributed by atoms with Crippen LogP contribution in [-0.2, 0) is 17.4 Å². The average Bonchev–Trinajstić information content (AvgIpc) is 3.42. The van der Waals surface area contributed by atoms with Crippen LogP contribution < -0.4 is 0 Å². The molecule has 0 N–H and O–H groups in total. The number of hydrogen-bond acceptors (Lipinski definition) is 5. The number of Topliss-reactive ketones (excluding diaryl/α,β-unsaturated/α-hetero) is 1. The van der Waals surface area contributed by atoms with Crippen molar-refractivity contribution >= 4 is 11.5 Å². The number of halogens is 4. The van der Waals surface area contributed by atoms with E-state index >= 15 is 0 Å². The first-order chi connectivity index (χ1) is 18.7. The van der Waals surface area contributed by atoms with Gasteiger partial charge in [-0.1, -0.05) is 29.4 Å². The number of carbonyl (C=O) groups excluding carboxylic acids is 1. The zero-order valence-electron chi connectivity index (χ0n) is 20.9. The molecule has 0 saturated carbocycles. The lowest BCUT2D eigenvalue weighted by Crippen LogP contribution is -2.09. The van der Waals surface area contributed by atoms with E-state index in [1.807, 2.05) is 12.1 Å². The predicted octanol–water partition coefficient (Wildman–Crippen LogP) is 7.29. The Bertz CT molecular complexity index is 1530. The van der Waals surface area contributed by atoms with Gasteiger partial charge in [0, 0.05) is 41.9 Å². The number of aryl methyl sites for hydroxylation is 2. The first kappa shape index (κ1) is 26.2. The molecule has 1 unspecified atom stereocenters. The van der Waals surface area contributed by atoms with Crippen molar-refractivity contribution in [1.82, 2.24) is 9.97 Å². The zero-order valence-corrected chi connectivity index (χ0v) is 20.9. The molecule has 3 heterocycles. The van der Waals surface area contributed by atoms with Gasteiger partial charge in [0.25, 0.3) is 0 Å². The van der Waals surface area contributed by atoms with Crippen molar-refractivity contribution < 1.29 is 27.2 Å². The van der Waals surface area contributed by atoms with Crippen molar-refractivity contribution in [2.75, 3.05) is 0 Å². The number of aromatic nitrogens is 2. The Morgan fingerprint density at radius 1 is 1.00 bits per heavy atom. The number of rotatable bonds is 7. The van der Waals surface area contributed by atoms with Crippen LogP contribution in [0.15, 0.2) is 84.3 Å². The molecule has 2 aromatic heterocycles. The van der Waals surface area contributed by atoms with Crippen molar-refractivity contribution in [3.63, 3.8) is 0 Å². The fourth-order valence-corrected chi connectivity index (χ4v) is 4.38. The fourth-order valence-electron chi connectivity index (χ4n) is 4.38. The molecule has 39 heavy (non-hydrogen) atoms. The van der Waals surface area contributed by atoms with Crippen LogP contribution in [0.3, 0.4) is 0 Å². The van der Waals surface area contributed by atoms with Crippen LogP contribution in [0.2, 0.25) is 0 Å². The molecule has 0 saturated heterocycles. The summed E-state index contributed by atoms with van der Waals surface area (Å²) >= 11 is 0. The molecule has 1 aliphatic rings. The maximum absolute atomic E-state index is 14.9. The maximum atomic E-state index is 14.9. The first-order valence-corrected chi connectivity index (χ1v) is 12.3. The minimum Gasteiger partial charge on any atom is -0.385 e. The Morgan fingerprint density at radius 2 is 1.82 bits per heavy atom. The Balaban J connectivity index is 1.42. The third kappa shape index (κ3) is 6.03. The van der Waals surface area contributed by atoms with E-state index in [9.17, 15) is 22.4 Å². The lowest BCUT2D eigenvalue weighted by atomic mass is 9.92. The van der Waals surface area contributed by atoms with E-state index < -0.39 is 17.7 Å². The molecule has 1 aliphatic heterocycles. The largest absolute Gasteiger partial charge is 0.433 e. The van der Waals surface area contributed by atoms with Crippen molar-refractivity contribution in [2.45, 2.75) is 38.5 Å². The lowest BCUT2D eigenvalue weighted by Gasteiger charge is -2.11. The summed E-state index contributed by atoms with van der Waals surface area (Å²) in [6.07, 6.45) is -1.46. The van der Waals surface area contributed by atoms with E-state index in [2.05, 4.69) is 15.1 Å². The van der Waals surface area contributed by atoms with Crippen LogP contribution in [0.5, 0.6) is 0 Å². The molecule has 4 aromatic rings. The van der Waals surface area contributed by atoms with Crippen LogP contribution in [-0.4, -0.2) is 21.5 Å². The number of hydrogen-bond donors (Lipinski definition) is 0. The van der Waals surface area contributed by atoms with E-state index in [-0.39, 0.29) is 24.7 Å². The maximum Gasteiger partial charge on any atom is 0.433 e. The second kappa shape index (κ2) is 10.8. The number of oxime groups is 1. The number of pyridine rings is 2. The molecule has 198 valence electrons. The summed E-state index contributed by atoms with van der Waals surface area (Å²) in [5.74, 6) is -0.663. The molecular formula is C30H23F4N3O2. The van der Waals surface area contributed by atoms with Gasteiger partial charge in [0.15, 0.2) is 11.9 Å².